The van der Waals surface area contributed by atoms with Gasteiger partial charge in [0.2, 0.25) is 5.88 Å². The zero-order valence-electron chi connectivity index (χ0n) is 12.6. The second-order valence-corrected chi connectivity index (χ2v) is 5.48. The number of rotatable bonds is 10. The fourth-order valence-electron chi connectivity index (χ4n) is 1.58. The van der Waals surface area contributed by atoms with Crippen LogP contribution in [0, 0.1) is 5.92 Å². The first-order valence-corrected chi connectivity index (χ1v) is 7.58. The molecule has 0 radical (unpaired) electrons. The van der Waals surface area contributed by atoms with E-state index in [1.807, 2.05) is 6.07 Å². The second-order valence-electron chi connectivity index (χ2n) is 5.07. The van der Waals surface area contributed by atoms with Crippen LogP contribution in [0.5, 0.6) is 5.88 Å². The minimum Gasteiger partial charge on any atom is -0.475 e. The number of nitrogens with one attached hydrogen (secondary N) is 1. The third-order valence-electron chi connectivity index (χ3n) is 2.54. The maximum Gasteiger partial charge on any atom is 0.213 e. The Morgan fingerprint density at radius 1 is 1.30 bits per heavy atom. The van der Waals surface area contributed by atoms with Crippen molar-refractivity contribution in [2.45, 2.75) is 33.7 Å². The summed E-state index contributed by atoms with van der Waals surface area (Å²) in [4.78, 5) is 4.40. The third kappa shape index (κ3) is 7.08. The number of ether oxygens (including phenoxy) is 2. The minimum absolute atomic E-state index is 0.503. The van der Waals surface area contributed by atoms with Crippen LogP contribution < -0.4 is 10.1 Å². The van der Waals surface area contributed by atoms with Gasteiger partial charge in [0.15, 0.2) is 0 Å². The highest BCUT2D eigenvalue weighted by Gasteiger charge is 2.04. The average molecular weight is 301 g/mol. The molecule has 0 unspecified atom stereocenters. The summed E-state index contributed by atoms with van der Waals surface area (Å²) in [5, 5.41) is 3.94. The van der Waals surface area contributed by atoms with Gasteiger partial charge in [-0.15, -0.1) is 0 Å². The lowest BCUT2D eigenvalue weighted by molar-refractivity contribution is 0.0805. The molecule has 0 saturated heterocycles. The highest BCUT2D eigenvalue weighted by atomic mass is 35.5. The number of halogens is 1. The van der Waals surface area contributed by atoms with Crippen LogP contribution >= 0.6 is 11.6 Å². The molecule has 1 rings (SSSR count). The third-order valence-corrected chi connectivity index (χ3v) is 2.89. The Hall–Kier alpha value is -0.840. The van der Waals surface area contributed by atoms with Crippen molar-refractivity contribution >= 4 is 11.6 Å². The molecule has 1 aromatic heterocycles. The molecule has 0 aliphatic rings. The first-order chi connectivity index (χ1) is 9.63. The fourth-order valence-corrected chi connectivity index (χ4v) is 1.75. The summed E-state index contributed by atoms with van der Waals surface area (Å²) >= 11 is 6.11. The SMILES string of the molecule is CCCNCc1nc(OCCOCC(C)C)ccc1Cl. The molecule has 1 N–H and O–H groups in total. The average Bonchev–Trinajstić information content (AvgIpc) is 2.41. The molecule has 0 spiro atoms. The Labute approximate surface area is 126 Å². The van der Waals surface area contributed by atoms with Crippen molar-refractivity contribution in [3.05, 3.63) is 22.8 Å². The zero-order valence-corrected chi connectivity index (χ0v) is 13.4. The van der Waals surface area contributed by atoms with Gasteiger partial charge in [-0.25, -0.2) is 4.98 Å². The van der Waals surface area contributed by atoms with Gasteiger partial charge in [-0.1, -0.05) is 32.4 Å². The zero-order chi connectivity index (χ0) is 14.8. The van der Waals surface area contributed by atoms with E-state index in [9.17, 15) is 0 Å². The molecular weight excluding hydrogens is 276 g/mol. The van der Waals surface area contributed by atoms with Gasteiger partial charge in [0.25, 0.3) is 0 Å². The summed E-state index contributed by atoms with van der Waals surface area (Å²) in [5.74, 6) is 1.13. The van der Waals surface area contributed by atoms with Crippen molar-refractivity contribution in [1.82, 2.24) is 10.3 Å². The summed E-state index contributed by atoms with van der Waals surface area (Å²) in [6.45, 7) is 9.81. The summed E-state index contributed by atoms with van der Waals surface area (Å²) in [6, 6.07) is 3.61. The van der Waals surface area contributed by atoms with Crippen molar-refractivity contribution in [3.63, 3.8) is 0 Å². The lowest BCUT2D eigenvalue weighted by atomic mass is 10.2. The fraction of sp³-hybridized carbons (Fsp3) is 0.667. The predicted octanol–water partition coefficient (Wildman–Crippen LogP) is 3.29. The molecule has 1 aromatic rings. The molecule has 1 heterocycles. The molecule has 0 aliphatic carbocycles. The van der Waals surface area contributed by atoms with Gasteiger partial charge < -0.3 is 14.8 Å². The van der Waals surface area contributed by atoms with E-state index < -0.39 is 0 Å². The lowest BCUT2D eigenvalue weighted by Crippen LogP contribution is -2.16. The molecular formula is C15H25ClN2O2. The van der Waals surface area contributed by atoms with E-state index in [0.717, 1.165) is 25.3 Å². The summed E-state index contributed by atoms with van der Waals surface area (Å²) < 4.78 is 11.0. The van der Waals surface area contributed by atoms with Crippen LogP contribution in [0.1, 0.15) is 32.9 Å². The molecule has 0 saturated carbocycles. The van der Waals surface area contributed by atoms with Crippen LogP contribution in [0.3, 0.4) is 0 Å². The van der Waals surface area contributed by atoms with Gasteiger partial charge in [0, 0.05) is 19.2 Å². The smallest absolute Gasteiger partial charge is 0.213 e. The van der Waals surface area contributed by atoms with E-state index in [4.69, 9.17) is 21.1 Å². The molecule has 4 nitrogen and oxygen atoms in total. The number of hydrogen-bond donors (Lipinski definition) is 1. The Bertz CT molecular complexity index is 386. The largest absolute Gasteiger partial charge is 0.475 e. The Morgan fingerprint density at radius 3 is 2.80 bits per heavy atom. The van der Waals surface area contributed by atoms with E-state index in [0.29, 0.717) is 36.6 Å². The first kappa shape index (κ1) is 17.2. The topological polar surface area (TPSA) is 43.4 Å². The molecule has 0 aliphatic heterocycles. The lowest BCUT2D eigenvalue weighted by Gasteiger charge is -2.10. The molecule has 0 aromatic carbocycles. The summed E-state index contributed by atoms with van der Waals surface area (Å²) in [6.07, 6.45) is 1.08. The van der Waals surface area contributed by atoms with E-state index in [-0.39, 0.29) is 0 Å². The summed E-state index contributed by atoms with van der Waals surface area (Å²) in [7, 11) is 0. The monoisotopic (exact) mass is 300 g/mol. The number of hydrogen-bond acceptors (Lipinski definition) is 4. The van der Waals surface area contributed by atoms with Crippen LogP contribution in [0.25, 0.3) is 0 Å². The van der Waals surface area contributed by atoms with Gasteiger partial charge >= 0.3 is 0 Å². The van der Waals surface area contributed by atoms with Gasteiger partial charge in [-0.05, 0) is 24.9 Å². The number of nitrogens with zero attached hydrogens (tertiary/aromatic N) is 1. The molecule has 114 valence electrons. The van der Waals surface area contributed by atoms with Gasteiger partial charge in [0.1, 0.15) is 6.61 Å². The van der Waals surface area contributed by atoms with Crippen LogP contribution in [-0.2, 0) is 11.3 Å². The van der Waals surface area contributed by atoms with E-state index in [1.54, 1.807) is 6.07 Å². The Morgan fingerprint density at radius 2 is 2.10 bits per heavy atom. The standard InChI is InChI=1S/C15H25ClN2O2/c1-4-7-17-10-14-13(16)5-6-15(18-14)20-9-8-19-11-12(2)3/h5-6,12,17H,4,7-11H2,1-3H3. The van der Waals surface area contributed by atoms with Crippen molar-refractivity contribution in [3.8, 4) is 5.88 Å². The van der Waals surface area contributed by atoms with E-state index in [1.165, 1.54) is 0 Å². The molecule has 0 fully saturated rings. The van der Waals surface area contributed by atoms with Crippen LogP contribution in [0.4, 0.5) is 0 Å². The van der Waals surface area contributed by atoms with Crippen molar-refractivity contribution in [1.29, 1.82) is 0 Å². The maximum atomic E-state index is 6.11. The highest BCUT2D eigenvalue weighted by molar-refractivity contribution is 6.31. The van der Waals surface area contributed by atoms with Crippen LogP contribution in [0.15, 0.2) is 12.1 Å². The second kappa shape index (κ2) is 9.97. The molecule has 5 heteroatoms. The van der Waals surface area contributed by atoms with Gasteiger partial charge in [0.05, 0.1) is 17.3 Å². The quantitative estimate of drug-likeness (QED) is 0.673. The number of pyridine rings is 1. The molecule has 0 bridgehead atoms. The Kier molecular flexibility index (Phi) is 8.58. The van der Waals surface area contributed by atoms with Crippen molar-refractivity contribution < 1.29 is 9.47 Å². The molecule has 0 amide bonds. The molecule has 20 heavy (non-hydrogen) atoms. The van der Waals surface area contributed by atoms with Gasteiger partial charge in [-0.2, -0.15) is 0 Å². The highest BCUT2D eigenvalue weighted by Crippen LogP contribution is 2.17. The summed E-state index contributed by atoms with van der Waals surface area (Å²) in [5.41, 5.74) is 0.820. The predicted molar refractivity (Wildman–Crippen MR) is 82.4 cm³/mol. The van der Waals surface area contributed by atoms with E-state index >= 15 is 0 Å². The maximum absolute atomic E-state index is 6.11. The molecule has 0 atom stereocenters. The first-order valence-electron chi connectivity index (χ1n) is 7.20. The minimum atomic E-state index is 0.503. The van der Waals surface area contributed by atoms with Gasteiger partial charge in [-0.3, -0.25) is 0 Å². The number of aromatic nitrogens is 1. The normalized spacial score (nSPS) is 11.1. The van der Waals surface area contributed by atoms with Crippen LogP contribution in [-0.4, -0.2) is 31.3 Å². The van der Waals surface area contributed by atoms with Crippen LogP contribution in [0.2, 0.25) is 5.02 Å². The Balaban J connectivity index is 2.36. The van der Waals surface area contributed by atoms with Crippen molar-refractivity contribution in [2.24, 2.45) is 5.92 Å². The van der Waals surface area contributed by atoms with E-state index in [2.05, 4.69) is 31.1 Å². The van der Waals surface area contributed by atoms with Crippen molar-refractivity contribution in [2.75, 3.05) is 26.4 Å².